The van der Waals surface area contributed by atoms with Gasteiger partial charge in [-0.1, -0.05) is 11.3 Å². The molecule has 25 heavy (non-hydrogen) atoms. The Bertz CT molecular complexity index is 871. The Labute approximate surface area is 155 Å². The summed E-state index contributed by atoms with van der Waals surface area (Å²) in [5.41, 5.74) is 3.26. The lowest BCUT2D eigenvalue weighted by Gasteiger charge is -2.17. The molecule has 2 heterocycles. The lowest BCUT2D eigenvalue weighted by molar-refractivity contribution is 0.0531. The van der Waals surface area contributed by atoms with E-state index in [-0.39, 0.29) is 5.97 Å². The van der Waals surface area contributed by atoms with Crippen LogP contribution < -0.4 is 4.74 Å². The van der Waals surface area contributed by atoms with Crippen molar-refractivity contribution in [2.24, 2.45) is 0 Å². The second-order valence-electron chi connectivity index (χ2n) is 5.50. The van der Waals surface area contributed by atoms with E-state index in [2.05, 4.69) is 17.6 Å². The topological polar surface area (TPSA) is 72.3 Å². The summed E-state index contributed by atoms with van der Waals surface area (Å²) in [4.78, 5) is 17.8. The van der Waals surface area contributed by atoms with Crippen LogP contribution in [0.25, 0.3) is 4.91 Å². The number of ether oxygens (including phenoxy) is 2. The van der Waals surface area contributed by atoms with Crippen LogP contribution in [0.5, 0.6) is 10.8 Å². The van der Waals surface area contributed by atoms with Gasteiger partial charge in [-0.2, -0.15) is 0 Å². The Morgan fingerprint density at radius 2 is 2.28 bits per heavy atom. The van der Waals surface area contributed by atoms with Crippen molar-refractivity contribution in [1.29, 1.82) is 5.41 Å². The van der Waals surface area contributed by atoms with Crippen LogP contribution in [-0.4, -0.2) is 23.8 Å². The maximum absolute atomic E-state index is 12.3. The van der Waals surface area contributed by atoms with E-state index < -0.39 is 0 Å². The van der Waals surface area contributed by atoms with Gasteiger partial charge in [0.25, 0.3) is 0 Å². The van der Waals surface area contributed by atoms with Crippen molar-refractivity contribution in [1.82, 2.24) is 4.98 Å². The smallest absolute Gasteiger partial charge is 0.348 e. The summed E-state index contributed by atoms with van der Waals surface area (Å²) in [6.07, 6.45) is 4.34. The number of carbonyl (C=O) groups is 1. The van der Waals surface area contributed by atoms with Gasteiger partial charge in [-0.05, 0) is 50.0 Å². The summed E-state index contributed by atoms with van der Waals surface area (Å²) in [6.45, 7) is 3.96. The van der Waals surface area contributed by atoms with Crippen molar-refractivity contribution in [3.63, 3.8) is 0 Å². The van der Waals surface area contributed by atoms with E-state index in [1.165, 1.54) is 17.6 Å². The third-order valence-electron chi connectivity index (χ3n) is 3.96. The minimum Gasteiger partial charge on any atom is -0.462 e. The minimum absolute atomic E-state index is 0.318. The Balaban J connectivity index is 2.12. The highest BCUT2D eigenvalue weighted by Crippen LogP contribution is 2.47. The molecule has 0 fully saturated rings. The summed E-state index contributed by atoms with van der Waals surface area (Å²) >= 11 is 5.86. The second-order valence-corrected chi connectivity index (χ2v) is 6.93. The number of aromatic nitrogens is 1. The Morgan fingerprint density at radius 3 is 2.96 bits per heavy atom. The van der Waals surface area contributed by atoms with E-state index in [0.717, 1.165) is 22.4 Å². The minimum atomic E-state index is -0.346. The molecule has 1 aliphatic rings. The molecule has 0 bridgehead atoms. The fourth-order valence-electron chi connectivity index (χ4n) is 2.71. The molecule has 1 aliphatic carbocycles. The molecule has 0 aromatic carbocycles. The number of thiophene rings is 1. The first-order valence-electron chi connectivity index (χ1n) is 7.92. The molecule has 0 aliphatic heterocycles. The summed E-state index contributed by atoms with van der Waals surface area (Å²) < 4.78 is 11.3. The first kappa shape index (κ1) is 17.7. The van der Waals surface area contributed by atoms with Crippen LogP contribution in [0.4, 0.5) is 0 Å². The Kier molecular flexibility index (Phi) is 5.24. The lowest BCUT2D eigenvalue weighted by atomic mass is 9.93. The van der Waals surface area contributed by atoms with E-state index in [4.69, 9.17) is 14.9 Å². The predicted octanol–water partition coefficient (Wildman–Crippen LogP) is 4.66. The van der Waals surface area contributed by atoms with Gasteiger partial charge in [-0.15, -0.1) is 12.6 Å². The fraction of sp³-hybridized carbons (Fsp3) is 0.278. The second kappa shape index (κ2) is 7.41. The molecule has 0 saturated carbocycles. The molecule has 130 valence electrons. The quantitative estimate of drug-likeness (QED) is 0.454. The van der Waals surface area contributed by atoms with Crippen molar-refractivity contribution in [3.8, 4) is 10.8 Å². The Hall–Kier alpha value is -2.12. The molecular weight excluding hydrogens is 356 g/mol. The van der Waals surface area contributed by atoms with Crippen molar-refractivity contribution < 1.29 is 14.3 Å². The lowest BCUT2D eigenvalue weighted by Crippen LogP contribution is -2.09. The van der Waals surface area contributed by atoms with Crippen LogP contribution in [0.15, 0.2) is 23.9 Å². The van der Waals surface area contributed by atoms with Gasteiger partial charge < -0.3 is 14.9 Å². The molecular formula is C18H18N2O3S2. The van der Waals surface area contributed by atoms with E-state index in [9.17, 15) is 4.79 Å². The van der Waals surface area contributed by atoms with Crippen LogP contribution in [0, 0.1) is 12.3 Å². The van der Waals surface area contributed by atoms with Gasteiger partial charge in [-0.25, -0.2) is 4.79 Å². The molecule has 0 radical (unpaired) electrons. The van der Waals surface area contributed by atoms with Gasteiger partial charge in [-0.3, -0.25) is 4.98 Å². The number of aryl methyl sites for hydroxylation is 1. The highest BCUT2D eigenvalue weighted by Gasteiger charge is 2.30. The SMILES string of the molecule is CCOC(=O)c1sc(Oc2cccnc2C)c2c1CCC(C=N)=C2S. The predicted molar refractivity (Wildman–Crippen MR) is 102 cm³/mol. The number of nitrogens with zero attached hydrogens (tertiary/aromatic N) is 1. The number of nitrogens with one attached hydrogen (secondary N) is 1. The number of fused-ring (bicyclic) bond motifs is 1. The van der Waals surface area contributed by atoms with Crippen LogP contribution in [0.1, 0.15) is 39.8 Å². The van der Waals surface area contributed by atoms with Gasteiger partial charge in [0.15, 0.2) is 5.06 Å². The van der Waals surface area contributed by atoms with E-state index in [1.54, 1.807) is 19.2 Å². The van der Waals surface area contributed by atoms with Crippen LogP contribution in [-0.2, 0) is 11.2 Å². The highest BCUT2D eigenvalue weighted by atomic mass is 32.1. The van der Waals surface area contributed by atoms with Gasteiger partial charge in [0.2, 0.25) is 0 Å². The standard InChI is InChI=1S/C18H18N2O3S2/c1-3-22-17(21)16-12-7-6-11(9-19)15(24)14(12)18(25-16)23-13-5-4-8-20-10(13)2/h4-5,8-9,19,24H,3,6-7H2,1-2H3. The molecule has 1 N–H and O–H groups in total. The van der Waals surface area contributed by atoms with Gasteiger partial charge in [0.1, 0.15) is 10.6 Å². The number of thiol groups is 1. The zero-order valence-electron chi connectivity index (χ0n) is 14.0. The summed E-state index contributed by atoms with van der Waals surface area (Å²) in [6, 6.07) is 3.63. The molecule has 0 atom stereocenters. The number of allylic oxidation sites excluding steroid dienone is 1. The number of hydrogen-bond donors (Lipinski definition) is 2. The molecule has 3 rings (SSSR count). The zero-order chi connectivity index (χ0) is 18.0. The van der Waals surface area contributed by atoms with Gasteiger partial charge in [0, 0.05) is 22.9 Å². The van der Waals surface area contributed by atoms with Gasteiger partial charge in [0.05, 0.1) is 12.3 Å². The molecule has 2 aromatic rings. The van der Waals surface area contributed by atoms with Crippen LogP contribution in [0.2, 0.25) is 0 Å². The normalized spacial score (nSPS) is 13.4. The first-order chi connectivity index (χ1) is 12.1. The molecule has 0 unspecified atom stereocenters. The molecule has 0 saturated heterocycles. The maximum Gasteiger partial charge on any atom is 0.348 e. The third-order valence-corrected chi connectivity index (χ3v) is 5.56. The maximum atomic E-state index is 12.3. The van der Waals surface area contributed by atoms with E-state index in [0.29, 0.717) is 40.0 Å². The average Bonchev–Trinajstić information content (AvgIpc) is 2.97. The molecule has 0 amide bonds. The van der Waals surface area contributed by atoms with E-state index >= 15 is 0 Å². The molecule has 5 nitrogen and oxygen atoms in total. The number of esters is 1. The first-order valence-corrected chi connectivity index (χ1v) is 9.18. The number of carbonyl (C=O) groups excluding carboxylic acids is 1. The molecule has 7 heteroatoms. The monoisotopic (exact) mass is 374 g/mol. The van der Waals surface area contributed by atoms with Crippen molar-refractivity contribution >= 4 is 41.1 Å². The summed E-state index contributed by atoms with van der Waals surface area (Å²) in [5, 5.41) is 8.16. The van der Waals surface area contributed by atoms with Crippen molar-refractivity contribution in [2.45, 2.75) is 26.7 Å². The fourth-order valence-corrected chi connectivity index (χ4v) is 4.31. The van der Waals surface area contributed by atoms with Crippen LogP contribution in [0.3, 0.4) is 0 Å². The van der Waals surface area contributed by atoms with Crippen molar-refractivity contribution in [3.05, 3.63) is 45.6 Å². The van der Waals surface area contributed by atoms with Crippen molar-refractivity contribution in [2.75, 3.05) is 6.61 Å². The van der Waals surface area contributed by atoms with E-state index in [1.807, 2.05) is 13.0 Å². The number of rotatable bonds is 5. The van der Waals surface area contributed by atoms with Gasteiger partial charge >= 0.3 is 5.97 Å². The average molecular weight is 374 g/mol. The third kappa shape index (κ3) is 3.34. The number of pyridine rings is 1. The highest BCUT2D eigenvalue weighted by molar-refractivity contribution is 7.90. The Morgan fingerprint density at radius 1 is 1.48 bits per heavy atom. The van der Waals surface area contributed by atoms with Crippen LogP contribution >= 0.6 is 24.0 Å². The molecule has 2 aromatic heterocycles. The summed E-state index contributed by atoms with van der Waals surface area (Å²) in [5.74, 6) is 0.283. The summed E-state index contributed by atoms with van der Waals surface area (Å²) in [7, 11) is 0. The largest absolute Gasteiger partial charge is 0.462 e. The number of hydrogen-bond acceptors (Lipinski definition) is 7. The zero-order valence-corrected chi connectivity index (χ0v) is 15.7. The molecule has 0 spiro atoms.